The van der Waals surface area contributed by atoms with Gasteiger partial charge in [-0.05, 0) is 36.1 Å². The van der Waals surface area contributed by atoms with Gasteiger partial charge in [0.1, 0.15) is 17.3 Å². The number of methoxy groups -OCH3 is 1. The Labute approximate surface area is 163 Å². The number of nitrogens with one attached hydrogen (secondary N) is 4. The van der Waals surface area contributed by atoms with Crippen LogP contribution in [0, 0.1) is 11.7 Å². The maximum absolute atomic E-state index is 14.5. The van der Waals surface area contributed by atoms with Gasteiger partial charge in [-0.15, -0.1) is 0 Å². The smallest absolute Gasteiger partial charge is 0.269 e. The number of ether oxygens (including phenoxy) is 1. The van der Waals surface area contributed by atoms with Gasteiger partial charge in [0.05, 0.1) is 13.2 Å². The lowest BCUT2D eigenvalue weighted by molar-refractivity contribution is 0.0958. The highest BCUT2D eigenvalue weighted by atomic mass is 19.1. The minimum absolute atomic E-state index is 0.0265. The SMILES string of the molecule is CNC(=O)c1ccc(C2NNC3CNC(c4c(F)cccc4OC)CC32)cn1. The number of fused-ring (bicyclic) bond motifs is 1. The molecule has 4 N–H and O–H groups in total. The molecule has 0 bridgehead atoms. The summed E-state index contributed by atoms with van der Waals surface area (Å²) in [7, 11) is 3.14. The molecule has 1 aromatic carbocycles. The molecule has 28 heavy (non-hydrogen) atoms. The van der Waals surface area contributed by atoms with Gasteiger partial charge in [-0.1, -0.05) is 12.1 Å². The van der Waals surface area contributed by atoms with E-state index in [1.807, 2.05) is 6.07 Å². The fraction of sp³-hybridized carbons (Fsp3) is 0.400. The summed E-state index contributed by atoms with van der Waals surface area (Å²) in [5.74, 6) is 0.323. The van der Waals surface area contributed by atoms with Crippen LogP contribution < -0.4 is 26.2 Å². The number of hydrazine groups is 1. The Morgan fingerprint density at radius 3 is 2.86 bits per heavy atom. The minimum atomic E-state index is -0.262. The molecule has 0 saturated carbocycles. The zero-order valence-electron chi connectivity index (χ0n) is 15.8. The minimum Gasteiger partial charge on any atom is -0.496 e. The second-order valence-electron chi connectivity index (χ2n) is 7.14. The molecule has 2 aromatic rings. The summed E-state index contributed by atoms with van der Waals surface area (Å²) in [5, 5.41) is 6.01. The standard InChI is InChI=1S/C20H24FN5O2/c1-22-20(27)14-7-6-11(9-23-14)19-12-8-15(24-10-16(12)25-26-19)18-13(21)4-3-5-17(18)28-2/h3-7,9,12,15-16,19,24-26H,8,10H2,1-2H3,(H,22,27). The van der Waals surface area contributed by atoms with Crippen LogP contribution in [0.1, 0.15) is 40.1 Å². The van der Waals surface area contributed by atoms with Gasteiger partial charge in [0.25, 0.3) is 5.91 Å². The number of pyridine rings is 1. The van der Waals surface area contributed by atoms with E-state index in [9.17, 15) is 9.18 Å². The molecule has 4 unspecified atom stereocenters. The third kappa shape index (κ3) is 3.34. The van der Waals surface area contributed by atoms with Crippen molar-refractivity contribution in [3.63, 3.8) is 0 Å². The molecule has 7 nitrogen and oxygen atoms in total. The first-order valence-corrected chi connectivity index (χ1v) is 9.37. The Morgan fingerprint density at radius 2 is 2.14 bits per heavy atom. The molecule has 0 spiro atoms. The first kappa shape index (κ1) is 18.8. The molecule has 2 saturated heterocycles. The summed E-state index contributed by atoms with van der Waals surface area (Å²) in [5.41, 5.74) is 8.61. The Bertz CT molecular complexity index is 860. The summed E-state index contributed by atoms with van der Waals surface area (Å²) in [6, 6.07) is 8.66. The Balaban J connectivity index is 1.57. The summed E-state index contributed by atoms with van der Waals surface area (Å²) < 4.78 is 19.9. The monoisotopic (exact) mass is 385 g/mol. The first-order valence-electron chi connectivity index (χ1n) is 9.37. The molecule has 0 aliphatic carbocycles. The highest BCUT2D eigenvalue weighted by molar-refractivity contribution is 5.91. The second-order valence-corrected chi connectivity index (χ2v) is 7.14. The van der Waals surface area contributed by atoms with Gasteiger partial charge in [0, 0.05) is 37.4 Å². The van der Waals surface area contributed by atoms with Crippen molar-refractivity contribution < 1.29 is 13.9 Å². The average Bonchev–Trinajstić information content (AvgIpc) is 3.16. The van der Waals surface area contributed by atoms with E-state index in [0.717, 1.165) is 12.0 Å². The van der Waals surface area contributed by atoms with E-state index in [2.05, 4.69) is 26.5 Å². The van der Waals surface area contributed by atoms with Crippen molar-refractivity contribution in [3.05, 3.63) is 59.2 Å². The van der Waals surface area contributed by atoms with Crippen molar-refractivity contribution in [3.8, 4) is 5.75 Å². The number of hydrogen-bond donors (Lipinski definition) is 4. The topological polar surface area (TPSA) is 87.3 Å². The largest absolute Gasteiger partial charge is 0.496 e. The molecule has 3 heterocycles. The van der Waals surface area contributed by atoms with Crippen LogP contribution in [0.4, 0.5) is 4.39 Å². The predicted octanol–water partition coefficient (Wildman–Crippen LogP) is 1.46. The molecule has 2 fully saturated rings. The van der Waals surface area contributed by atoms with Gasteiger partial charge < -0.3 is 15.4 Å². The van der Waals surface area contributed by atoms with Crippen LogP contribution in [-0.4, -0.2) is 37.6 Å². The van der Waals surface area contributed by atoms with Crippen LogP contribution in [0.5, 0.6) is 5.75 Å². The van der Waals surface area contributed by atoms with Gasteiger partial charge in [-0.2, -0.15) is 0 Å². The van der Waals surface area contributed by atoms with Gasteiger partial charge in [-0.25, -0.2) is 9.82 Å². The second kappa shape index (κ2) is 7.83. The summed E-state index contributed by atoms with van der Waals surface area (Å²) in [6.07, 6.45) is 2.47. The summed E-state index contributed by atoms with van der Waals surface area (Å²) in [6.45, 7) is 0.708. The van der Waals surface area contributed by atoms with Crippen LogP contribution in [-0.2, 0) is 0 Å². The average molecular weight is 385 g/mol. The molecule has 4 atom stereocenters. The number of piperidine rings is 1. The molecule has 4 rings (SSSR count). The lowest BCUT2D eigenvalue weighted by Gasteiger charge is -2.35. The van der Waals surface area contributed by atoms with Gasteiger partial charge >= 0.3 is 0 Å². The molecule has 0 radical (unpaired) electrons. The molecule has 8 heteroatoms. The number of aromatic nitrogens is 1. The van der Waals surface area contributed by atoms with E-state index in [4.69, 9.17) is 4.74 Å². The van der Waals surface area contributed by atoms with Crippen LogP contribution >= 0.6 is 0 Å². The summed E-state index contributed by atoms with van der Waals surface area (Å²) >= 11 is 0. The van der Waals surface area contributed by atoms with Crippen LogP contribution in [0.2, 0.25) is 0 Å². The van der Waals surface area contributed by atoms with Crippen molar-refractivity contribution in [2.45, 2.75) is 24.5 Å². The maximum Gasteiger partial charge on any atom is 0.269 e. The number of carbonyl (C=O) groups is 1. The Morgan fingerprint density at radius 1 is 1.29 bits per heavy atom. The van der Waals surface area contributed by atoms with Crippen molar-refractivity contribution in [1.29, 1.82) is 0 Å². The van der Waals surface area contributed by atoms with E-state index in [-0.39, 0.29) is 35.8 Å². The quantitative estimate of drug-likeness (QED) is 0.638. The molecule has 2 aliphatic rings. The van der Waals surface area contributed by atoms with E-state index in [0.29, 0.717) is 23.6 Å². The van der Waals surface area contributed by atoms with Crippen molar-refractivity contribution in [2.75, 3.05) is 20.7 Å². The van der Waals surface area contributed by atoms with Gasteiger partial charge in [0.15, 0.2) is 0 Å². The maximum atomic E-state index is 14.5. The lowest BCUT2D eigenvalue weighted by Crippen LogP contribution is -2.46. The Hall–Kier alpha value is -2.55. The molecule has 2 aliphatic heterocycles. The number of halogens is 1. The van der Waals surface area contributed by atoms with Crippen molar-refractivity contribution in [1.82, 2.24) is 26.5 Å². The Kier molecular flexibility index (Phi) is 5.25. The predicted molar refractivity (Wildman–Crippen MR) is 102 cm³/mol. The fourth-order valence-corrected chi connectivity index (χ4v) is 4.21. The van der Waals surface area contributed by atoms with E-state index in [1.54, 1.807) is 38.6 Å². The van der Waals surface area contributed by atoms with E-state index >= 15 is 0 Å². The number of amides is 1. The van der Waals surface area contributed by atoms with Crippen LogP contribution in [0.15, 0.2) is 36.5 Å². The number of benzene rings is 1. The van der Waals surface area contributed by atoms with E-state index < -0.39 is 0 Å². The number of carbonyl (C=O) groups excluding carboxylic acids is 1. The highest BCUT2D eigenvalue weighted by Crippen LogP contribution is 2.41. The highest BCUT2D eigenvalue weighted by Gasteiger charge is 2.42. The fourth-order valence-electron chi connectivity index (χ4n) is 4.21. The van der Waals surface area contributed by atoms with Crippen LogP contribution in [0.25, 0.3) is 0 Å². The first-order chi connectivity index (χ1) is 13.6. The molecular weight excluding hydrogens is 361 g/mol. The number of hydrogen-bond acceptors (Lipinski definition) is 6. The number of rotatable bonds is 4. The van der Waals surface area contributed by atoms with E-state index in [1.165, 1.54) is 6.07 Å². The zero-order valence-corrected chi connectivity index (χ0v) is 15.8. The third-order valence-electron chi connectivity index (χ3n) is 5.65. The van der Waals surface area contributed by atoms with Gasteiger partial charge in [0.2, 0.25) is 0 Å². The van der Waals surface area contributed by atoms with Crippen molar-refractivity contribution in [2.24, 2.45) is 5.92 Å². The van der Waals surface area contributed by atoms with Crippen LogP contribution in [0.3, 0.4) is 0 Å². The molecule has 1 aromatic heterocycles. The lowest BCUT2D eigenvalue weighted by atomic mass is 9.80. The zero-order chi connectivity index (χ0) is 19.7. The molecular formula is C20H24FN5O2. The molecule has 1 amide bonds. The summed E-state index contributed by atoms with van der Waals surface area (Å²) in [4.78, 5) is 16.0. The third-order valence-corrected chi connectivity index (χ3v) is 5.65. The normalized spacial score (nSPS) is 26.5. The number of nitrogens with zero attached hydrogens (tertiary/aromatic N) is 1. The molecule has 148 valence electrons. The van der Waals surface area contributed by atoms with Gasteiger partial charge in [-0.3, -0.25) is 15.2 Å². The van der Waals surface area contributed by atoms with Crippen molar-refractivity contribution >= 4 is 5.91 Å².